The van der Waals surface area contributed by atoms with Crippen LogP contribution in [0.4, 0.5) is 4.79 Å². The summed E-state index contributed by atoms with van der Waals surface area (Å²) in [5.41, 5.74) is 11.1. The minimum Gasteiger partial charge on any atom is -0.443 e. The lowest BCUT2D eigenvalue weighted by molar-refractivity contribution is -0.133. The number of rotatable bonds is 1. The zero-order valence-corrected chi connectivity index (χ0v) is 8.82. The second-order valence-electron chi connectivity index (χ2n) is 5.65. The summed E-state index contributed by atoms with van der Waals surface area (Å²) >= 11 is 0. The Morgan fingerprint density at radius 2 is 1.80 bits per heavy atom. The topological polar surface area (TPSA) is 78.3 Å². The van der Waals surface area contributed by atoms with Gasteiger partial charge in [0.2, 0.25) is 0 Å². The number of primary amides is 1. The fraction of sp³-hybridized carbons (Fsp3) is 0.909. The molecule has 0 aliphatic heterocycles. The number of hydrogen-bond acceptors (Lipinski definition) is 3. The molecule has 0 spiro atoms. The highest BCUT2D eigenvalue weighted by Crippen LogP contribution is 2.56. The first kappa shape index (κ1) is 9.46. The van der Waals surface area contributed by atoms with Crippen LogP contribution in [0.2, 0.25) is 0 Å². The smallest absolute Gasteiger partial charge is 0.405 e. The van der Waals surface area contributed by atoms with Gasteiger partial charge in [-0.15, -0.1) is 0 Å². The van der Waals surface area contributed by atoms with E-state index in [1.54, 1.807) is 0 Å². The summed E-state index contributed by atoms with van der Waals surface area (Å²) < 4.78 is 5.38. The Kier molecular flexibility index (Phi) is 1.81. The van der Waals surface area contributed by atoms with Gasteiger partial charge in [0.25, 0.3) is 0 Å². The highest BCUT2D eigenvalue weighted by atomic mass is 16.6. The number of amides is 1. The average Bonchev–Trinajstić information content (AvgIpc) is 2.10. The summed E-state index contributed by atoms with van der Waals surface area (Å²) in [6.07, 6.45) is 4.71. The standard InChI is InChI=1S/C11H18N2O2/c12-9-7-1-6-2-8(9)5-11(3-6,4-7)15-10(13)14/h6-9H,1-5,12H2,(H2,13,14). The molecule has 0 heterocycles. The molecule has 4 bridgehead atoms. The molecule has 15 heavy (non-hydrogen) atoms. The van der Waals surface area contributed by atoms with Gasteiger partial charge >= 0.3 is 6.09 Å². The molecule has 0 radical (unpaired) electrons. The van der Waals surface area contributed by atoms with Crippen LogP contribution >= 0.6 is 0 Å². The van der Waals surface area contributed by atoms with Crippen molar-refractivity contribution in [3.8, 4) is 0 Å². The lowest BCUT2D eigenvalue weighted by Crippen LogP contribution is -2.61. The first-order valence-corrected chi connectivity index (χ1v) is 5.82. The first-order valence-electron chi connectivity index (χ1n) is 5.82. The van der Waals surface area contributed by atoms with Crippen LogP contribution in [-0.4, -0.2) is 17.7 Å². The maximum Gasteiger partial charge on any atom is 0.405 e. The zero-order valence-electron chi connectivity index (χ0n) is 8.82. The van der Waals surface area contributed by atoms with Crippen molar-refractivity contribution in [2.75, 3.05) is 0 Å². The Morgan fingerprint density at radius 3 is 2.33 bits per heavy atom. The monoisotopic (exact) mass is 210 g/mol. The van der Waals surface area contributed by atoms with Crippen LogP contribution in [0.15, 0.2) is 0 Å². The summed E-state index contributed by atoms with van der Waals surface area (Å²) in [5, 5.41) is 0. The van der Waals surface area contributed by atoms with Gasteiger partial charge in [-0.3, -0.25) is 0 Å². The molecule has 4 aliphatic rings. The first-order chi connectivity index (χ1) is 7.08. The lowest BCUT2D eigenvalue weighted by Gasteiger charge is -2.58. The van der Waals surface area contributed by atoms with E-state index in [-0.39, 0.29) is 5.60 Å². The molecule has 4 nitrogen and oxygen atoms in total. The van der Waals surface area contributed by atoms with Gasteiger partial charge in [0.05, 0.1) is 0 Å². The van der Waals surface area contributed by atoms with Gasteiger partial charge < -0.3 is 16.2 Å². The van der Waals surface area contributed by atoms with E-state index in [0.717, 1.165) is 19.3 Å². The van der Waals surface area contributed by atoms with E-state index in [0.29, 0.717) is 23.8 Å². The van der Waals surface area contributed by atoms with E-state index >= 15 is 0 Å². The van der Waals surface area contributed by atoms with E-state index in [2.05, 4.69) is 0 Å². The van der Waals surface area contributed by atoms with Gasteiger partial charge in [-0.25, -0.2) is 4.79 Å². The molecule has 0 aromatic rings. The molecule has 4 aliphatic carbocycles. The number of ether oxygens (including phenoxy) is 1. The van der Waals surface area contributed by atoms with Crippen LogP contribution in [-0.2, 0) is 4.74 Å². The van der Waals surface area contributed by atoms with Crippen molar-refractivity contribution in [3.63, 3.8) is 0 Å². The third-order valence-corrected chi connectivity index (χ3v) is 4.61. The van der Waals surface area contributed by atoms with Crippen molar-refractivity contribution in [1.29, 1.82) is 0 Å². The Bertz CT molecular complexity index is 289. The Labute approximate surface area is 89.3 Å². The Hall–Kier alpha value is -0.770. The molecule has 2 unspecified atom stereocenters. The molecule has 4 rings (SSSR count). The summed E-state index contributed by atoms with van der Waals surface area (Å²) in [5.74, 6) is 1.81. The molecule has 1 amide bonds. The van der Waals surface area contributed by atoms with E-state index in [9.17, 15) is 4.79 Å². The summed E-state index contributed by atoms with van der Waals surface area (Å²) in [7, 11) is 0. The summed E-state index contributed by atoms with van der Waals surface area (Å²) in [6.45, 7) is 0. The molecule has 4 N–H and O–H groups in total. The predicted octanol–water partition coefficient (Wildman–Crippen LogP) is 0.988. The molecule has 0 aromatic heterocycles. The van der Waals surface area contributed by atoms with Crippen molar-refractivity contribution in [2.24, 2.45) is 29.2 Å². The maximum atomic E-state index is 10.9. The van der Waals surface area contributed by atoms with E-state index in [1.807, 2.05) is 0 Å². The number of nitrogens with two attached hydrogens (primary N) is 2. The van der Waals surface area contributed by atoms with Crippen LogP contribution < -0.4 is 11.5 Å². The van der Waals surface area contributed by atoms with Crippen LogP contribution in [0.25, 0.3) is 0 Å². The lowest BCUT2D eigenvalue weighted by atomic mass is 9.52. The molecule has 4 saturated carbocycles. The van der Waals surface area contributed by atoms with Crippen molar-refractivity contribution in [2.45, 2.75) is 43.7 Å². The number of carbonyl (C=O) groups excluding carboxylic acids is 1. The van der Waals surface area contributed by atoms with Gasteiger partial charge in [0.15, 0.2) is 0 Å². The van der Waals surface area contributed by atoms with Gasteiger partial charge in [-0.2, -0.15) is 0 Å². The highest BCUT2D eigenvalue weighted by molar-refractivity contribution is 5.65. The van der Waals surface area contributed by atoms with Crippen LogP contribution in [0, 0.1) is 17.8 Å². The predicted molar refractivity (Wildman–Crippen MR) is 54.9 cm³/mol. The third-order valence-electron chi connectivity index (χ3n) is 4.61. The molecule has 0 saturated heterocycles. The normalized spacial score (nSPS) is 51.8. The van der Waals surface area contributed by atoms with Gasteiger partial charge in [0, 0.05) is 6.04 Å². The second-order valence-corrected chi connectivity index (χ2v) is 5.65. The van der Waals surface area contributed by atoms with Crippen LogP contribution in [0.5, 0.6) is 0 Å². The minimum absolute atomic E-state index is 0.252. The molecular formula is C11H18N2O2. The van der Waals surface area contributed by atoms with Gasteiger partial charge in [-0.1, -0.05) is 0 Å². The van der Waals surface area contributed by atoms with Crippen LogP contribution in [0.3, 0.4) is 0 Å². The van der Waals surface area contributed by atoms with E-state index in [1.165, 1.54) is 12.8 Å². The number of hydrogen-bond donors (Lipinski definition) is 2. The van der Waals surface area contributed by atoms with Crippen molar-refractivity contribution >= 4 is 6.09 Å². The molecule has 84 valence electrons. The van der Waals surface area contributed by atoms with Gasteiger partial charge in [-0.05, 0) is 49.9 Å². The SMILES string of the molecule is NC(=O)OC12CC3CC(C1)C(N)C(C3)C2. The summed E-state index contributed by atoms with van der Waals surface area (Å²) in [6, 6.07) is 0.325. The maximum absolute atomic E-state index is 10.9. The second kappa shape index (κ2) is 2.88. The largest absolute Gasteiger partial charge is 0.443 e. The molecular weight excluding hydrogens is 192 g/mol. The van der Waals surface area contributed by atoms with Crippen LogP contribution in [0.1, 0.15) is 32.1 Å². The fourth-order valence-electron chi connectivity index (χ4n) is 4.33. The Morgan fingerprint density at radius 1 is 1.20 bits per heavy atom. The quantitative estimate of drug-likeness (QED) is 0.677. The molecule has 2 atom stereocenters. The molecule has 0 aromatic carbocycles. The van der Waals surface area contributed by atoms with Gasteiger partial charge in [0.1, 0.15) is 5.60 Å². The van der Waals surface area contributed by atoms with E-state index in [4.69, 9.17) is 16.2 Å². The zero-order chi connectivity index (χ0) is 10.6. The summed E-state index contributed by atoms with van der Waals surface area (Å²) in [4.78, 5) is 10.9. The Balaban J connectivity index is 1.85. The van der Waals surface area contributed by atoms with E-state index < -0.39 is 6.09 Å². The van der Waals surface area contributed by atoms with Crippen molar-refractivity contribution < 1.29 is 9.53 Å². The highest BCUT2D eigenvalue weighted by Gasteiger charge is 2.56. The third kappa shape index (κ3) is 1.34. The number of carbonyl (C=O) groups is 1. The average molecular weight is 210 g/mol. The van der Waals surface area contributed by atoms with Crippen molar-refractivity contribution in [1.82, 2.24) is 0 Å². The fourth-order valence-corrected chi connectivity index (χ4v) is 4.33. The van der Waals surface area contributed by atoms with Crippen molar-refractivity contribution in [3.05, 3.63) is 0 Å². The minimum atomic E-state index is -0.620. The molecule has 4 heteroatoms. The molecule has 4 fully saturated rings.